The molecular formula is C16H23N3S. The molecule has 0 bridgehead atoms. The van der Waals surface area contributed by atoms with Crippen LogP contribution in [0.1, 0.15) is 19.4 Å². The molecule has 108 valence electrons. The van der Waals surface area contributed by atoms with E-state index < -0.39 is 0 Å². The minimum Gasteiger partial charge on any atom is -0.383 e. The number of thioether (sulfide) groups is 1. The molecule has 1 aromatic heterocycles. The molecular weight excluding hydrogens is 266 g/mol. The quantitative estimate of drug-likeness (QED) is 0.793. The number of pyridine rings is 1. The highest BCUT2D eigenvalue weighted by molar-refractivity contribution is 7.98. The predicted octanol–water partition coefficient (Wildman–Crippen LogP) is 3.39. The first kappa shape index (κ1) is 15.1. The van der Waals surface area contributed by atoms with Gasteiger partial charge < -0.3 is 10.6 Å². The van der Waals surface area contributed by atoms with Gasteiger partial charge in [0.2, 0.25) is 0 Å². The fourth-order valence-corrected chi connectivity index (χ4v) is 3.19. The average Bonchev–Trinajstić information content (AvgIpc) is 2.47. The van der Waals surface area contributed by atoms with Gasteiger partial charge in [-0.05, 0) is 25.2 Å². The summed E-state index contributed by atoms with van der Waals surface area (Å²) in [5, 5.41) is 1.17. The zero-order valence-corrected chi connectivity index (χ0v) is 13.1. The predicted molar refractivity (Wildman–Crippen MR) is 90.1 cm³/mol. The average molecular weight is 289 g/mol. The minimum atomic E-state index is 0.666. The summed E-state index contributed by atoms with van der Waals surface area (Å²) in [7, 11) is 0. The number of rotatable bonds is 7. The van der Waals surface area contributed by atoms with Crippen molar-refractivity contribution in [2.24, 2.45) is 0 Å². The molecule has 20 heavy (non-hydrogen) atoms. The normalized spacial score (nSPS) is 11.3. The van der Waals surface area contributed by atoms with Gasteiger partial charge >= 0.3 is 0 Å². The molecule has 0 aliphatic rings. The third-order valence-electron chi connectivity index (χ3n) is 3.54. The lowest BCUT2D eigenvalue weighted by molar-refractivity contribution is 0.324. The lowest BCUT2D eigenvalue weighted by Gasteiger charge is -2.17. The number of nitrogens with zero attached hydrogens (tertiary/aromatic N) is 2. The number of nitrogen functional groups attached to an aromatic ring is 1. The molecule has 2 rings (SSSR count). The molecule has 2 N–H and O–H groups in total. The monoisotopic (exact) mass is 289 g/mol. The standard InChI is InChI=1S/C16H23N3S/c1-3-19(4-2)9-10-20-12-14-11-13-7-5-6-8-15(13)18-16(14)17/h5-8,11H,3-4,9-10,12H2,1-2H3,(H2,17,18). The summed E-state index contributed by atoms with van der Waals surface area (Å²) in [6, 6.07) is 10.3. The Balaban J connectivity index is 1.94. The van der Waals surface area contributed by atoms with Crippen molar-refractivity contribution in [3.63, 3.8) is 0 Å². The van der Waals surface area contributed by atoms with Crippen molar-refractivity contribution < 1.29 is 0 Å². The van der Waals surface area contributed by atoms with E-state index in [0.29, 0.717) is 5.82 Å². The molecule has 3 nitrogen and oxygen atoms in total. The van der Waals surface area contributed by atoms with Gasteiger partial charge in [0.25, 0.3) is 0 Å². The van der Waals surface area contributed by atoms with E-state index in [1.807, 2.05) is 30.0 Å². The van der Waals surface area contributed by atoms with E-state index in [-0.39, 0.29) is 0 Å². The summed E-state index contributed by atoms with van der Waals surface area (Å²) >= 11 is 1.93. The second-order valence-corrected chi connectivity index (χ2v) is 5.91. The molecule has 0 radical (unpaired) electrons. The number of fused-ring (bicyclic) bond motifs is 1. The van der Waals surface area contributed by atoms with Crippen molar-refractivity contribution in [3.8, 4) is 0 Å². The third kappa shape index (κ3) is 3.87. The Morgan fingerprint density at radius 3 is 2.70 bits per heavy atom. The summed E-state index contributed by atoms with van der Waals surface area (Å²) in [6.45, 7) is 7.80. The van der Waals surface area contributed by atoms with Crippen LogP contribution in [-0.4, -0.2) is 35.3 Å². The van der Waals surface area contributed by atoms with Crippen LogP contribution in [0.5, 0.6) is 0 Å². The van der Waals surface area contributed by atoms with E-state index in [1.54, 1.807) is 0 Å². The Bertz CT molecular complexity index is 552. The van der Waals surface area contributed by atoms with Crippen LogP contribution in [0.25, 0.3) is 10.9 Å². The van der Waals surface area contributed by atoms with Gasteiger partial charge in [-0.3, -0.25) is 0 Å². The lowest BCUT2D eigenvalue weighted by atomic mass is 10.1. The first-order chi connectivity index (χ1) is 9.74. The van der Waals surface area contributed by atoms with E-state index in [1.165, 1.54) is 5.39 Å². The summed E-state index contributed by atoms with van der Waals surface area (Å²) in [5.74, 6) is 2.73. The molecule has 4 heteroatoms. The van der Waals surface area contributed by atoms with Gasteiger partial charge in [0.15, 0.2) is 0 Å². The van der Waals surface area contributed by atoms with E-state index in [0.717, 1.165) is 42.2 Å². The lowest BCUT2D eigenvalue weighted by Crippen LogP contribution is -2.25. The maximum atomic E-state index is 6.05. The maximum absolute atomic E-state index is 6.05. The number of hydrogen-bond acceptors (Lipinski definition) is 4. The molecule has 1 heterocycles. The maximum Gasteiger partial charge on any atom is 0.128 e. The van der Waals surface area contributed by atoms with E-state index >= 15 is 0 Å². The number of para-hydroxylation sites is 1. The molecule has 0 aliphatic carbocycles. The van der Waals surface area contributed by atoms with Gasteiger partial charge in [0.05, 0.1) is 5.52 Å². The van der Waals surface area contributed by atoms with Crippen LogP contribution in [0.4, 0.5) is 5.82 Å². The van der Waals surface area contributed by atoms with Crippen molar-refractivity contribution in [2.45, 2.75) is 19.6 Å². The van der Waals surface area contributed by atoms with Gasteiger partial charge in [0.1, 0.15) is 5.82 Å². The van der Waals surface area contributed by atoms with Crippen LogP contribution in [0.2, 0.25) is 0 Å². The van der Waals surface area contributed by atoms with Crippen LogP contribution in [0.3, 0.4) is 0 Å². The van der Waals surface area contributed by atoms with E-state index in [4.69, 9.17) is 5.73 Å². The fourth-order valence-electron chi connectivity index (χ4n) is 2.21. The van der Waals surface area contributed by atoms with Crippen LogP contribution in [-0.2, 0) is 5.75 Å². The van der Waals surface area contributed by atoms with Gasteiger partial charge in [-0.2, -0.15) is 11.8 Å². The summed E-state index contributed by atoms with van der Waals surface area (Å²) in [5.41, 5.74) is 8.17. The highest BCUT2D eigenvalue weighted by atomic mass is 32.2. The molecule has 0 fully saturated rings. The smallest absolute Gasteiger partial charge is 0.128 e. The molecule has 1 aromatic carbocycles. The zero-order chi connectivity index (χ0) is 14.4. The van der Waals surface area contributed by atoms with Gasteiger partial charge in [-0.1, -0.05) is 32.0 Å². The molecule has 0 aliphatic heterocycles. The molecule has 0 saturated heterocycles. The second kappa shape index (κ2) is 7.50. The molecule has 2 aromatic rings. The van der Waals surface area contributed by atoms with Gasteiger partial charge in [0, 0.05) is 29.0 Å². The largest absolute Gasteiger partial charge is 0.383 e. The summed E-state index contributed by atoms with van der Waals surface area (Å²) in [4.78, 5) is 6.92. The highest BCUT2D eigenvalue weighted by Crippen LogP contribution is 2.22. The van der Waals surface area contributed by atoms with Crippen LogP contribution in [0.15, 0.2) is 30.3 Å². The number of hydrogen-bond donors (Lipinski definition) is 1. The first-order valence-electron chi connectivity index (χ1n) is 7.18. The van der Waals surface area contributed by atoms with Crippen molar-refractivity contribution in [1.29, 1.82) is 0 Å². The number of benzene rings is 1. The SMILES string of the molecule is CCN(CC)CCSCc1cc2ccccc2nc1N. The Morgan fingerprint density at radius 1 is 1.20 bits per heavy atom. The van der Waals surface area contributed by atoms with Crippen LogP contribution >= 0.6 is 11.8 Å². The number of nitrogens with two attached hydrogens (primary N) is 1. The molecule has 0 unspecified atom stereocenters. The minimum absolute atomic E-state index is 0.666. The Kier molecular flexibility index (Phi) is 5.68. The fraction of sp³-hybridized carbons (Fsp3) is 0.438. The third-order valence-corrected chi connectivity index (χ3v) is 4.53. The van der Waals surface area contributed by atoms with Crippen molar-refractivity contribution >= 4 is 28.5 Å². The van der Waals surface area contributed by atoms with Crippen molar-refractivity contribution in [3.05, 3.63) is 35.9 Å². The van der Waals surface area contributed by atoms with Crippen molar-refractivity contribution in [1.82, 2.24) is 9.88 Å². The number of anilines is 1. The van der Waals surface area contributed by atoms with Gasteiger partial charge in [-0.15, -0.1) is 0 Å². The Labute approximate surface area is 125 Å². The summed E-state index contributed by atoms with van der Waals surface area (Å²) < 4.78 is 0. The van der Waals surface area contributed by atoms with Crippen LogP contribution in [0, 0.1) is 0 Å². The molecule has 0 atom stereocenters. The van der Waals surface area contributed by atoms with E-state index in [2.05, 4.69) is 35.9 Å². The zero-order valence-electron chi connectivity index (χ0n) is 12.3. The summed E-state index contributed by atoms with van der Waals surface area (Å²) in [6.07, 6.45) is 0. The van der Waals surface area contributed by atoms with Crippen molar-refractivity contribution in [2.75, 3.05) is 31.1 Å². The topological polar surface area (TPSA) is 42.2 Å². The van der Waals surface area contributed by atoms with Crippen LogP contribution < -0.4 is 5.73 Å². The first-order valence-corrected chi connectivity index (χ1v) is 8.34. The second-order valence-electron chi connectivity index (χ2n) is 4.80. The van der Waals surface area contributed by atoms with Gasteiger partial charge in [-0.25, -0.2) is 4.98 Å². The molecule has 0 spiro atoms. The Morgan fingerprint density at radius 2 is 1.95 bits per heavy atom. The number of aromatic nitrogens is 1. The van der Waals surface area contributed by atoms with E-state index in [9.17, 15) is 0 Å². The molecule has 0 saturated carbocycles. The molecule has 0 amide bonds. The highest BCUT2D eigenvalue weighted by Gasteiger charge is 2.05. The Hall–Kier alpha value is -1.26.